The zero-order valence-electron chi connectivity index (χ0n) is 8.69. The van der Waals surface area contributed by atoms with Gasteiger partial charge in [0.25, 0.3) is 0 Å². The lowest BCUT2D eigenvalue weighted by atomic mass is 10.2. The van der Waals surface area contributed by atoms with Crippen molar-refractivity contribution in [3.05, 3.63) is 30.5 Å². The lowest BCUT2D eigenvalue weighted by molar-refractivity contribution is 0.587. The van der Waals surface area contributed by atoms with E-state index >= 15 is 0 Å². The van der Waals surface area contributed by atoms with E-state index in [1.807, 2.05) is 6.07 Å². The Balaban J connectivity index is 2.63. The van der Waals surface area contributed by atoms with Gasteiger partial charge < -0.3 is 4.98 Å². The zero-order chi connectivity index (χ0) is 11.1. The van der Waals surface area contributed by atoms with Gasteiger partial charge in [0, 0.05) is 17.1 Å². The number of nitrogens with one attached hydrogen (secondary N) is 1. The highest BCUT2D eigenvalue weighted by atomic mass is 32.2. The summed E-state index contributed by atoms with van der Waals surface area (Å²) in [6.07, 6.45) is 1.80. The van der Waals surface area contributed by atoms with Crippen LogP contribution in [-0.2, 0) is 9.84 Å². The fourth-order valence-corrected chi connectivity index (χ4v) is 2.57. The quantitative estimate of drug-likeness (QED) is 0.849. The van der Waals surface area contributed by atoms with E-state index in [0.717, 1.165) is 10.9 Å². The SMILES string of the molecule is CC(C)S(=O)(=O)c1ccc2[nH]ccc2c1. The predicted octanol–water partition coefficient (Wildman–Crippen LogP) is 2.35. The second kappa shape index (κ2) is 3.38. The van der Waals surface area contributed by atoms with Crippen LogP contribution in [0.5, 0.6) is 0 Å². The van der Waals surface area contributed by atoms with Gasteiger partial charge in [0.2, 0.25) is 0 Å². The van der Waals surface area contributed by atoms with Gasteiger partial charge in [0.1, 0.15) is 0 Å². The van der Waals surface area contributed by atoms with Crippen LogP contribution in [-0.4, -0.2) is 18.7 Å². The van der Waals surface area contributed by atoms with Gasteiger partial charge in [-0.2, -0.15) is 0 Å². The Hall–Kier alpha value is -1.29. The fourth-order valence-electron chi connectivity index (χ4n) is 1.48. The van der Waals surface area contributed by atoms with E-state index in [1.165, 1.54) is 0 Å². The molecule has 0 saturated heterocycles. The average Bonchev–Trinajstić information content (AvgIpc) is 2.63. The van der Waals surface area contributed by atoms with Crippen molar-refractivity contribution >= 4 is 20.7 Å². The van der Waals surface area contributed by atoms with Crippen LogP contribution in [0.3, 0.4) is 0 Å². The molecule has 0 aliphatic rings. The molecule has 1 aromatic heterocycles. The minimum Gasteiger partial charge on any atom is -0.361 e. The van der Waals surface area contributed by atoms with Gasteiger partial charge in [-0.1, -0.05) is 0 Å². The highest BCUT2D eigenvalue weighted by molar-refractivity contribution is 7.92. The third-order valence-electron chi connectivity index (χ3n) is 2.47. The topological polar surface area (TPSA) is 49.9 Å². The second-order valence-corrected chi connectivity index (χ2v) is 6.32. The van der Waals surface area contributed by atoms with Gasteiger partial charge in [0.05, 0.1) is 10.1 Å². The zero-order valence-corrected chi connectivity index (χ0v) is 9.51. The number of benzene rings is 1. The maximum atomic E-state index is 11.9. The molecule has 2 aromatic rings. The van der Waals surface area contributed by atoms with Crippen LogP contribution in [0.1, 0.15) is 13.8 Å². The molecule has 0 radical (unpaired) electrons. The summed E-state index contributed by atoms with van der Waals surface area (Å²) in [4.78, 5) is 3.43. The van der Waals surface area contributed by atoms with Crippen LogP contribution in [0.15, 0.2) is 35.4 Å². The monoisotopic (exact) mass is 223 g/mol. The normalized spacial score (nSPS) is 12.5. The van der Waals surface area contributed by atoms with Gasteiger partial charge in [0.15, 0.2) is 9.84 Å². The molecular formula is C11H13NO2S. The Morgan fingerprint density at radius 1 is 1.20 bits per heavy atom. The summed E-state index contributed by atoms with van der Waals surface area (Å²) < 4.78 is 23.8. The van der Waals surface area contributed by atoms with Crippen LogP contribution in [0.2, 0.25) is 0 Å². The average molecular weight is 223 g/mol. The Morgan fingerprint density at radius 2 is 1.93 bits per heavy atom. The summed E-state index contributed by atoms with van der Waals surface area (Å²) in [5.41, 5.74) is 0.956. The predicted molar refractivity (Wildman–Crippen MR) is 60.6 cm³/mol. The highest BCUT2D eigenvalue weighted by Crippen LogP contribution is 2.21. The van der Waals surface area contributed by atoms with Crippen molar-refractivity contribution in [1.82, 2.24) is 4.98 Å². The number of H-pyrrole nitrogens is 1. The number of aromatic nitrogens is 1. The molecule has 0 aliphatic heterocycles. The van der Waals surface area contributed by atoms with Gasteiger partial charge in [-0.15, -0.1) is 0 Å². The molecule has 0 saturated carbocycles. The van der Waals surface area contributed by atoms with Gasteiger partial charge in [-0.3, -0.25) is 0 Å². The number of hydrogen-bond donors (Lipinski definition) is 1. The van der Waals surface area contributed by atoms with Crippen molar-refractivity contribution in [1.29, 1.82) is 0 Å². The molecule has 1 aromatic carbocycles. The Morgan fingerprint density at radius 3 is 2.60 bits per heavy atom. The van der Waals surface area contributed by atoms with Crippen molar-refractivity contribution in [3.63, 3.8) is 0 Å². The molecule has 0 bridgehead atoms. The van der Waals surface area contributed by atoms with Crippen LogP contribution < -0.4 is 0 Å². The summed E-state index contributed by atoms with van der Waals surface area (Å²) in [5, 5.41) is 0.547. The van der Waals surface area contributed by atoms with Gasteiger partial charge in [-0.25, -0.2) is 8.42 Å². The molecule has 3 nitrogen and oxygen atoms in total. The molecule has 1 N–H and O–H groups in total. The van der Waals surface area contributed by atoms with E-state index in [-0.39, 0.29) is 5.25 Å². The highest BCUT2D eigenvalue weighted by Gasteiger charge is 2.19. The Labute approximate surface area is 89.0 Å². The van der Waals surface area contributed by atoms with E-state index in [2.05, 4.69) is 4.98 Å². The third kappa shape index (κ3) is 1.65. The lowest BCUT2D eigenvalue weighted by Crippen LogP contribution is -2.13. The van der Waals surface area contributed by atoms with E-state index in [0.29, 0.717) is 4.90 Å². The minimum absolute atomic E-state index is 0.381. The first-order valence-electron chi connectivity index (χ1n) is 4.83. The summed E-state index contributed by atoms with van der Waals surface area (Å²) >= 11 is 0. The number of hydrogen-bond acceptors (Lipinski definition) is 2. The summed E-state index contributed by atoms with van der Waals surface area (Å²) in [6.45, 7) is 3.38. The molecular weight excluding hydrogens is 210 g/mol. The van der Waals surface area contributed by atoms with E-state index in [9.17, 15) is 8.42 Å². The van der Waals surface area contributed by atoms with Crippen LogP contribution in [0.4, 0.5) is 0 Å². The molecule has 2 rings (SSSR count). The second-order valence-electron chi connectivity index (χ2n) is 3.82. The fraction of sp³-hybridized carbons (Fsp3) is 0.273. The molecule has 0 atom stereocenters. The minimum atomic E-state index is -3.16. The standard InChI is InChI=1S/C11H13NO2S/c1-8(2)15(13,14)10-3-4-11-9(7-10)5-6-12-11/h3-8,12H,1-2H3. The van der Waals surface area contributed by atoms with Gasteiger partial charge in [-0.05, 0) is 38.1 Å². The molecule has 0 fully saturated rings. The Kier molecular flexibility index (Phi) is 2.31. The van der Waals surface area contributed by atoms with Gasteiger partial charge >= 0.3 is 0 Å². The van der Waals surface area contributed by atoms with Crippen molar-refractivity contribution < 1.29 is 8.42 Å². The first-order chi connectivity index (χ1) is 7.01. The molecule has 1 heterocycles. The third-order valence-corrected chi connectivity index (χ3v) is 4.63. The molecule has 0 aliphatic carbocycles. The van der Waals surface area contributed by atoms with Crippen LogP contribution in [0, 0.1) is 0 Å². The van der Waals surface area contributed by atoms with E-state index in [4.69, 9.17) is 0 Å². The lowest BCUT2D eigenvalue weighted by Gasteiger charge is -2.07. The maximum Gasteiger partial charge on any atom is 0.180 e. The number of sulfone groups is 1. The molecule has 0 spiro atoms. The van der Waals surface area contributed by atoms with Crippen molar-refractivity contribution in [3.8, 4) is 0 Å². The summed E-state index contributed by atoms with van der Waals surface area (Å²) in [5.74, 6) is 0. The molecule has 80 valence electrons. The summed E-state index contributed by atoms with van der Waals surface area (Å²) in [6, 6.07) is 7.02. The van der Waals surface area contributed by atoms with Crippen molar-refractivity contribution in [2.24, 2.45) is 0 Å². The number of aromatic amines is 1. The molecule has 4 heteroatoms. The molecule has 0 unspecified atom stereocenters. The Bertz CT molecular complexity index is 581. The summed E-state index contributed by atoms with van der Waals surface area (Å²) in [7, 11) is -3.16. The van der Waals surface area contributed by atoms with Crippen LogP contribution >= 0.6 is 0 Å². The van der Waals surface area contributed by atoms with Crippen molar-refractivity contribution in [2.45, 2.75) is 24.0 Å². The number of rotatable bonds is 2. The molecule has 15 heavy (non-hydrogen) atoms. The van der Waals surface area contributed by atoms with E-state index < -0.39 is 9.84 Å². The van der Waals surface area contributed by atoms with E-state index in [1.54, 1.807) is 38.2 Å². The van der Waals surface area contributed by atoms with Crippen molar-refractivity contribution in [2.75, 3.05) is 0 Å². The first-order valence-corrected chi connectivity index (χ1v) is 6.37. The molecule has 0 amide bonds. The number of fused-ring (bicyclic) bond motifs is 1. The maximum absolute atomic E-state index is 11.9. The smallest absolute Gasteiger partial charge is 0.180 e. The van der Waals surface area contributed by atoms with Crippen LogP contribution in [0.25, 0.3) is 10.9 Å². The first kappa shape index (κ1) is 10.2. The largest absolute Gasteiger partial charge is 0.361 e.